The molecule has 2 aliphatic rings. The first-order chi connectivity index (χ1) is 29.2. The van der Waals surface area contributed by atoms with E-state index in [2.05, 4.69) is 15.5 Å². The molecule has 0 unspecified atom stereocenters. The van der Waals surface area contributed by atoms with Crippen LogP contribution in [0.4, 0.5) is 45.3 Å². The van der Waals surface area contributed by atoms with E-state index < -0.39 is 129 Å². The Hall–Kier alpha value is -5.64. The zero-order chi connectivity index (χ0) is 45.9. The predicted molar refractivity (Wildman–Crippen MR) is 212 cm³/mol. The van der Waals surface area contributed by atoms with Crippen molar-refractivity contribution in [1.82, 2.24) is 34.4 Å². The van der Waals surface area contributed by atoms with Gasteiger partial charge in [0.1, 0.15) is 41.9 Å². The largest absolute Gasteiger partial charge is 0.408 e. The van der Waals surface area contributed by atoms with Gasteiger partial charge in [0.2, 0.25) is 15.9 Å². The molecule has 0 saturated heterocycles. The summed E-state index contributed by atoms with van der Waals surface area (Å²) in [5, 5.41) is 9.27. The van der Waals surface area contributed by atoms with E-state index in [1.54, 1.807) is 6.07 Å². The number of aromatic nitrogens is 6. The molecule has 0 bridgehead atoms. The van der Waals surface area contributed by atoms with Gasteiger partial charge < -0.3 is 5.32 Å². The maximum atomic E-state index is 15.5. The van der Waals surface area contributed by atoms with Crippen molar-refractivity contribution in [1.29, 1.82) is 0 Å². The smallest absolute Gasteiger partial charge is 0.344 e. The second kappa shape index (κ2) is 15.0. The molecule has 12 nitrogen and oxygen atoms in total. The number of alkyl halides is 7. The third kappa shape index (κ3) is 8.22. The summed E-state index contributed by atoms with van der Waals surface area (Å²) >= 11 is 6.50. The van der Waals surface area contributed by atoms with Crippen LogP contribution in [-0.4, -0.2) is 55.9 Å². The van der Waals surface area contributed by atoms with Gasteiger partial charge in [-0.05, 0) is 65.3 Å². The number of nitrogens with zero attached hydrogens (tertiary/aromatic N) is 6. The Labute approximate surface area is 356 Å². The number of amides is 1. The normalized spacial score (nSPS) is 17.6. The van der Waals surface area contributed by atoms with Crippen LogP contribution in [0.5, 0.6) is 0 Å². The lowest BCUT2D eigenvalue weighted by Gasteiger charge is -2.25. The number of halogens is 10. The molecule has 0 spiro atoms. The van der Waals surface area contributed by atoms with Crippen molar-refractivity contribution in [2.45, 2.75) is 82.6 Å². The molecule has 3 aromatic heterocycles. The molecular weight excluding hydrogens is 895 g/mol. The highest BCUT2D eigenvalue weighted by molar-refractivity contribution is 7.92. The van der Waals surface area contributed by atoms with Crippen LogP contribution in [0.25, 0.3) is 27.5 Å². The molecule has 3 heterocycles. The van der Waals surface area contributed by atoms with Gasteiger partial charge in [0, 0.05) is 24.0 Å². The van der Waals surface area contributed by atoms with Crippen molar-refractivity contribution in [3.63, 3.8) is 0 Å². The number of anilines is 1. The number of carbonyl (C=O) groups excluding carboxylic acids is 1. The minimum absolute atomic E-state index is 0.0119. The summed E-state index contributed by atoms with van der Waals surface area (Å²) in [5.41, 5.74) is -4.15. The van der Waals surface area contributed by atoms with Crippen LogP contribution in [0, 0.1) is 17.6 Å². The molecule has 1 saturated carbocycles. The molecule has 2 N–H and O–H groups in total. The maximum absolute atomic E-state index is 15.5. The number of hydrogen-bond acceptors (Lipinski definition) is 7. The number of carbonyl (C=O) groups is 1. The van der Waals surface area contributed by atoms with Crippen LogP contribution in [-0.2, 0) is 45.7 Å². The lowest BCUT2D eigenvalue weighted by atomic mass is 9.86. The summed E-state index contributed by atoms with van der Waals surface area (Å²) in [4.78, 5) is 33.8. The van der Waals surface area contributed by atoms with Gasteiger partial charge in [-0.15, -0.1) is 0 Å². The molecule has 0 radical (unpaired) electrons. The van der Waals surface area contributed by atoms with Crippen molar-refractivity contribution < 1.29 is 52.7 Å². The van der Waals surface area contributed by atoms with Gasteiger partial charge in [0.15, 0.2) is 5.82 Å². The SMILES string of the molecule is CC(C)(C)c1ccc2c(=O)n(-c3ccc(Cl)c4c(NS(C)(=O)=O)nn(CC(F)(F)F)c34)c([C@H](Cc3cc(F)cc(F)c3)NC(=O)Cn3nc(C(F)F)c4c3C(F)(F)[C@@H]3C[C@H]43)nc2c1. The molecule has 23 heteroatoms. The maximum Gasteiger partial charge on any atom is 0.408 e. The van der Waals surface area contributed by atoms with E-state index in [-0.39, 0.29) is 38.9 Å². The fourth-order valence-corrected chi connectivity index (χ4v) is 8.97. The molecule has 0 aliphatic heterocycles. The average molecular weight is 929 g/mol. The lowest BCUT2D eigenvalue weighted by Crippen LogP contribution is -2.38. The first kappa shape index (κ1) is 44.0. The standard InChI is InChI=1S/C40H34ClF9N8O4S/c1-38(2,3)18-5-6-21-25(12-18)52-36(58(37(21)60)27-8-7-24(41)30-32(27)57(16-39(46,47)48)54-35(30)55-63(4,61)62)26(11-17-9-19(42)13-20(43)10-17)51-28(59)15-56-33-29(31(53-56)34(44)45)22-14-23(22)40(33,49)50/h5-10,12-13,22-23,26,34H,11,14-16H2,1-4H3,(H,51,59)(H,54,55)/t22-,23+,26-/m0/s1. The van der Waals surface area contributed by atoms with Crippen LogP contribution < -0.4 is 15.6 Å². The van der Waals surface area contributed by atoms with Crippen LogP contribution in [0.15, 0.2) is 53.3 Å². The Morgan fingerprint density at radius 3 is 2.30 bits per heavy atom. The molecule has 1 fully saturated rings. The number of rotatable bonds is 11. The Morgan fingerprint density at radius 1 is 1.00 bits per heavy atom. The minimum atomic E-state index is -4.99. The molecule has 8 rings (SSSR count). The Balaban J connectivity index is 1.38. The first-order valence-electron chi connectivity index (χ1n) is 19.0. The van der Waals surface area contributed by atoms with E-state index in [9.17, 15) is 48.7 Å². The van der Waals surface area contributed by atoms with E-state index in [4.69, 9.17) is 16.6 Å². The van der Waals surface area contributed by atoms with Gasteiger partial charge in [-0.1, -0.05) is 38.4 Å². The molecular formula is C40H34ClF9N8O4S. The number of hydrogen-bond donors (Lipinski definition) is 2. The van der Waals surface area contributed by atoms with Crippen molar-refractivity contribution >= 4 is 55.2 Å². The summed E-state index contributed by atoms with van der Waals surface area (Å²) in [6, 6.07) is 7.40. The van der Waals surface area contributed by atoms with Crippen molar-refractivity contribution in [3.8, 4) is 5.69 Å². The highest BCUT2D eigenvalue weighted by Crippen LogP contribution is 2.68. The number of benzene rings is 3. The van der Waals surface area contributed by atoms with Gasteiger partial charge in [-0.3, -0.25) is 28.2 Å². The fourth-order valence-electron chi connectivity index (χ4n) is 8.24. The lowest BCUT2D eigenvalue weighted by molar-refractivity contribution is -0.141. The third-order valence-electron chi connectivity index (χ3n) is 10.9. The van der Waals surface area contributed by atoms with Crippen LogP contribution in [0.3, 0.4) is 0 Å². The molecule has 6 aromatic rings. The van der Waals surface area contributed by atoms with E-state index in [0.29, 0.717) is 27.2 Å². The van der Waals surface area contributed by atoms with E-state index >= 15 is 8.78 Å². The predicted octanol–water partition coefficient (Wildman–Crippen LogP) is 8.34. The van der Waals surface area contributed by atoms with Crippen LogP contribution >= 0.6 is 11.6 Å². The van der Waals surface area contributed by atoms with E-state index in [1.165, 1.54) is 12.1 Å². The van der Waals surface area contributed by atoms with Gasteiger partial charge in [0.25, 0.3) is 17.9 Å². The quantitative estimate of drug-likeness (QED) is 0.124. The summed E-state index contributed by atoms with van der Waals surface area (Å²) in [6.45, 7) is 2.63. The van der Waals surface area contributed by atoms with Gasteiger partial charge >= 0.3 is 6.18 Å². The second-order valence-corrected chi connectivity index (χ2v) is 18.8. The van der Waals surface area contributed by atoms with E-state index in [1.807, 2.05) is 25.5 Å². The average Bonchev–Trinajstić information content (AvgIpc) is 3.67. The molecule has 63 heavy (non-hydrogen) atoms. The molecule has 1 amide bonds. The summed E-state index contributed by atoms with van der Waals surface area (Å²) in [5.74, 6) is -10.2. The topological polar surface area (TPSA) is 146 Å². The molecule has 3 aromatic carbocycles. The highest BCUT2D eigenvalue weighted by atomic mass is 35.5. The zero-order valence-electron chi connectivity index (χ0n) is 33.3. The highest BCUT2D eigenvalue weighted by Gasteiger charge is 2.67. The molecule has 2 aliphatic carbocycles. The Morgan fingerprint density at radius 2 is 1.68 bits per heavy atom. The summed E-state index contributed by atoms with van der Waals surface area (Å²) in [7, 11) is -4.22. The monoisotopic (exact) mass is 928 g/mol. The Bertz CT molecular complexity index is 3030. The van der Waals surface area contributed by atoms with Gasteiger partial charge in [-0.2, -0.15) is 32.1 Å². The first-order valence-corrected chi connectivity index (χ1v) is 21.3. The molecule has 334 valence electrons. The van der Waals surface area contributed by atoms with Crippen molar-refractivity contribution in [2.24, 2.45) is 5.92 Å². The summed E-state index contributed by atoms with van der Waals surface area (Å²) < 4.78 is 160. The van der Waals surface area contributed by atoms with Crippen LogP contribution in [0.1, 0.15) is 79.5 Å². The zero-order valence-corrected chi connectivity index (χ0v) is 34.8. The summed E-state index contributed by atoms with van der Waals surface area (Å²) in [6.07, 6.45) is -8.22. The van der Waals surface area contributed by atoms with Crippen molar-refractivity contribution in [3.05, 3.63) is 109 Å². The van der Waals surface area contributed by atoms with Crippen molar-refractivity contribution in [2.75, 3.05) is 11.0 Å². The Kier molecular flexibility index (Phi) is 10.5. The third-order valence-corrected chi connectivity index (χ3v) is 11.8. The van der Waals surface area contributed by atoms with Gasteiger partial charge in [-0.25, -0.2) is 31.0 Å². The second-order valence-electron chi connectivity index (χ2n) is 16.7. The number of sulfonamides is 1. The number of fused-ring (bicyclic) bond motifs is 5. The van der Waals surface area contributed by atoms with Gasteiger partial charge in [0.05, 0.1) is 44.8 Å². The minimum Gasteiger partial charge on any atom is -0.344 e. The molecule has 3 atom stereocenters. The van der Waals surface area contributed by atoms with E-state index in [0.717, 1.165) is 28.8 Å². The number of nitrogens with one attached hydrogen (secondary N) is 2. The fraction of sp³-hybridized carbons (Fsp3) is 0.375. The van der Waals surface area contributed by atoms with Crippen LogP contribution in [0.2, 0.25) is 5.02 Å².